The van der Waals surface area contributed by atoms with Crippen molar-refractivity contribution in [3.63, 3.8) is 0 Å². The standard InChI is InChI=1S/C26H29ClN6O2.C26H28ClN5O3.C24H26ClN7O3.C22H23ClN8O2/c27-23-10-18(6-7-19(23)16-34)12-28-24-22(25(35)29-11-17-4-2-1-3-5-17)13-30-26(32-24)33-14-20-8-9-21(15-33)31-20;27-23-10-18(6-7-19(23)14-33)12-28-24-22(25(34)29-11-17-4-2-1-3-5-17)13-30-26(31-24)32-20-8-9-21(32)16-35-15-20;25-19-6-14(2-3-15(19)12-33)8-28-22-18(23(35)29-10-21-26-4-1-5-27-21)9-30-24(31-22)32-11-16-7-17(16)20(32)13-34;23-17-4-13(6-26-18(17)12-32)7-27-20-16(21(33)28-9-19-24-2-1-3-25-19)8-29-22(30-20)31-10-14-5-15(14)11-31/h1-7,10,13,20-21,31,34H,8-9,11-12,14-16H2,(H,29,35)(H,28,30,32);1-7,10,13,20-21,33H,8-9,11-12,14-16H2,(H,29,34)(H,28,30,31);1-6,9,16-17,20,33-34H,7-8,10-13H2,(H,29,35)(H,28,30,31);1-4,6,8,14-15,32H,5,7,9-12H2,(H,28,33)(H,27,29,30). The van der Waals surface area contributed by atoms with Gasteiger partial charge in [0.15, 0.2) is 0 Å². The number of nitrogens with zero attached hydrogens (tertiary/aromatic N) is 17. The number of aromatic nitrogens is 13. The van der Waals surface area contributed by atoms with Crippen LogP contribution in [-0.2, 0) is 83.5 Å². The third-order valence-electron chi connectivity index (χ3n) is 25.5. The van der Waals surface area contributed by atoms with E-state index in [0.29, 0.717) is 194 Å². The first kappa shape index (κ1) is 96.6. The van der Waals surface area contributed by atoms with Gasteiger partial charge in [-0.3, -0.25) is 24.2 Å². The van der Waals surface area contributed by atoms with E-state index in [2.05, 4.69) is 117 Å². The number of nitrogens with one attached hydrogen (secondary N) is 9. The smallest absolute Gasteiger partial charge is 0.256 e. The molecule has 9 atom stereocenters. The van der Waals surface area contributed by atoms with Gasteiger partial charge in [0.1, 0.15) is 57.2 Å². The highest BCUT2D eigenvalue weighted by molar-refractivity contribution is 6.32. The van der Waals surface area contributed by atoms with E-state index in [1.54, 1.807) is 98.1 Å². The Hall–Kier alpha value is -13.1. The summed E-state index contributed by atoms with van der Waals surface area (Å²) in [6, 6.07) is 42.5. The van der Waals surface area contributed by atoms with Gasteiger partial charge in [-0.1, -0.05) is 143 Å². The third-order valence-corrected chi connectivity index (χ3v) is 26.9. The predicted molar refractivity (Wildman–Crippen MR) is 522 cm³/mol. The number of benzene rings is 5. The molecule has 6 saturated heterocycles. The summed E-state index contributed by atoms with van der Waals surface area (Å²) in [5, 5.41) is 77.4. The molecule has 4 bridgehead atoms. The number of aliphatic hydroxyl groups is 5. The Balaban J connectivity index is 0.000000127. The van der Waals surface area contributed by atoms with E-state index in [4.69, 9.17) is 61.1 Å². The number of piperidine rings is 2. The van der Waals surface area contributed by atoms with Gasteiger partial charge < -0.3 is 97.7 Å². The second-order valence-corrected chi connectivity index (χ2v) is 36.6. The van der Waals surface area contributed by atoms with Crippen molar-refractivity contribution in [3.8, 4) is 0 Å². The quantitative estimate of drug-likeness (QED) is 0.0182. The molecule has 4 amide bonds. The Bertz CT molecular complexity index is 6210. The molecule has 5 aromatic carbocycles. The Kier molecular flexibility index (Phi) is 32.1. The maximum atomic E-state index is 13.1. The van der Waals surface area contributed by atoms with Crippen molar-refractivity contribution in [1.29, 1.82) is 0 Å². The molecule has 0 radical (unpaired) electrons. The van der Waals surface area contributed by atoms with Gasteiger partial charge in [0.25, 0.3) is 23.6 Å². The molecule has 7 aromatic heterocycles. The van der Waals surface area contributed by atoms with Gasteiger partial charge in [-0.15, -0.1) is 0 Å². The maximum absolute atomic E-state index is 13.1. The van der Waals surface area contributed by atoms with Crippen molar-refractivity contribution < 1.29 is 49.4 Å². The zero-order valence-corrected chi connectivity index (χ0v) is 78.4. The highest BCUT2D eigenvalue weighted by atomic mass is 35.5. The number of aliphatic hydroxyl groups excluding tert-OH is 5. The molecular weight excluding hydrogens is 1840 g/mol. The molecule has 716 valence electrons. The summed E-state index contributed by atoms with van der Waals surface area (Å²) in [6.45, 7) is 7.92. The number of hydrogen-bond acceptors (Lipinski definition) is 32. The van der Waals surface area contributed by atoms with E-state index >= 15 is 0 Å². The van der Waals surface area contributed by atoms with Crippen molar-refractivity contribution in [3.05, 3.63) is 299 Å². The highest BCUT2D eigenvalue weighted by Crippen LogP contribution is 2.50. The molecule has 8 aliphatic rings. The van der Waals surface area contributed by atoms with Crippen LogP contribution in [0.1, 0.15) is 147 Å². The van der Waals surface area contributed by atoms with Crippen molar-refractivity contribution >= 4 is 117 Å². The molecule has 36 nitrogen and oxygen atoms in total. The summed E-state index contributed by atoms with van der Waals surface area (Å²) < 4.78 is 5.70. The minimum absolute atomic E-state index is 0.00686. The normalized spacial score (nSPS) is 19.3. The molecule has 0 spiro atoms. The van der Waals surface area contributed by atoms with Crippen LogP contribution in [0, 0.1) is 23.7 Å². The Labute approximate surface area is 816 Å². The second-order valence-electron chi connectivity index (χ2n) is 35.0. The fourth-order valence-electron chi connectivity index (χ4n) is 17.8. The van der Waals surface area contributed by atoms with Gasteiger partial charge >= 0.3 is 0 Å². The third kappa shape index (κ3) is 24.5. The number of rotatable bonds is 33. The number of halogens is 4. The lowest BCUT2D eigenvalue weighted by atomic mass is 10.1. The number of amides is 4. The molecule has 138 heavy (non-hydrogen) atoms. The number of fused-ring (bicyclic) bond motifs is 6. The molecule has 14 N–H and O–H groups in total. The first-order chi connectivity index (χ1) is 67.4. The lowest BCUT2D eigenvalue weighted by Crippen LogP contribution is -2.51. The van der Waals surface area contributed by atoms with E-state index in [9.17, 15) is 44.7 Å². The van der Waals surface area contributed by atoms with Crippen LogP contribution in [0.25, 0.3) is 0 Å². The van der Waals surface area contributed by atoms with Gasteiger partial charge in [0.05, 0.1) is 88.2 Å². The SMILES string of the molecule is O=C(NCc1ccccc1)c1cnc(N2C3CCC2COC3)nc1NCc1ccc(CO)c(Cl)c1.O=C(NCc1ccccc1)c1cnc(N2CC3CCC(C2)N3)nc1NCc1ccc(CO)c(Cl)c1.O=C(NCc1ncccn1)c1cnc(N2CC3CC3C2)nc1NCc1cnc(CO)c(Cl)c1.O=C(NCc1ncccn1)c1cnc(N2CC3CC3C2CO)nc1NCc1ccc(CO)c(Cl)c1. The summed E-state index contributed by atoms with van der Waals surface area (Å²) in [7, 11) is 0. The molecule has 8 fully saturated rings. The summed E-state index contributed by atoms with van der Waals surface area (Å²) in [5.74, 6) is 6.41. The van der Waals surface area contributed by atoms with Crippen molar-refractivity contribution in [2.45, 2.75) is 148 Å². The zero-order valence-electron chi connectivity index (χ0n) is 75.4. The van der Waals surface area contributed by atoms with E-state index in [1.165, 1.54) is 12.6 Å². The molecular formula is C98H106Cl4N26O10. The van der Waals surface area contributed by atoms with Crippen LogP contribution in [0.2, 0.25) is 20.1 Å². The first-order valence-corrected chi connectivity index (χ1v) is 47.4. The van der Waals surface area contributed by atoms with Crippen molar-refractivity contribution in [2.24, 2.45) is 23.7 Å². The summed E-state index contributed by atoms with van der Waals surface area (Å²) in [4.78, 5) is 118. The number of anilines is 8. The van der Waals surface area contributed by atoms with Crippen LogP contribution in [0.3, 0.4) is 0 Å². The lowest BCUT2D eigenvalue weighted by molar-refractivity contribution is 0.0896. The minimum atomic E-state index is -0.358. The van der Waals surface area contributed by atoms with Crippen molar-refractivity contribution in [1.82, 2.24) is 91.4 Å². The summed E-state index contributed by atoms with van der Waals surface area (Å²) >= 11 is 24.9. The number of hydrogen-bond donors (Lipinski definition) is 14. The predicted octanol–water partition coefficient (Wildman–Crippen LogP) is 10.2. The Morgan fingerprint density at radius 3 is 1.20 bits per heavy atom. The number of ether oxygens (including phenoxy) is 1. The number of morpholine rings is 1. The molecule has 2 saturated carbocycles. The van der Waals surface area contributed by atoms with E-state index < -0.39 is 0 Å². The number of pyridine rings is 1. The molecule has 6 aliphatic heterocycles. The fraction of sp³-hybridized carbons (Fsp3) is 0.357. The van der Waals surface area contributed by atoms with Gasteiger partial charge in [-0.2, -0.15) is 19.9 Å². The van der Waals surface area contributed by atoms with E-state index in [0.717, 1.165) is 110 Å². The Morgan fingerprint density at radius 2 is 0.775 bits per heavy atom. The highest BCUT2D eigenvalue weighted by Gasteiger charge is 2.53. The summed E-state index contributed by atoms with van der Waals surface area (Å²) in [5.41, 5.74) is 9.30. The maximum Gasteiger partial charge on any atom is 0.256 e. The molecule has 20 rings (SSSR count). The van der Waals surface area contributed by atoms with E-state index in [-0.39, 0.29) is 93.4 Å². The molecule has 40 heteroatoms. The van der Waals surface area contributed by atoms with Crippen LogP contribution in [-0.4, -0.2) is 197 Å². The second kappa shape index (κ2) is 45.9. The van der Waals surface area contributed by atoms with Crippen LogP contribution >= 0.6 is 46.4 Å². The Morgan fingerprint density at radius 1 is 0.377 bits per heavy atom. The van der Waals surface area contributed by atoms with Gasteiger partial charge in [-0.25, -0.2) is 39.9 Å². The average Bonchev–Trinajstić information content (AvgIpc) is 1.59. The average molecular weight is 1950 g/mol. The monoisotopic (exact) mass is 1950 g/mol. The fourth-order valence-corrected chi connectivity index (χ4v) is 18.9. The molecule has 9 unspecified atom stereocenters. The van der Waals surface area contributed by atoms with Crippen LogP contribution in [0.15, 0.2) is 189 Å². The summed E-state index contributed by atoms with van der Waals surface area (Å²) in [6.07, 6.45) is 21.2. The van der Waals surface area contributed by atoms with Gasteiger partial charge in [0, 0.05) is 155 Å². The minimum Gasteiger partial charge on any atom is -0.394 e. The molecule has 2 aliphatic carbocycles. The zero-order chi connectivity index (χ0) is 95.5. The molecule has 12 aromatic rings. The van der Waals surface area contributed by atoms with E-state index in [1.807, 2.05) is 89.8 Å². The van der Waals surface area contributed by atoms with Crippen molar-refractivity contribution in [2.75, 3.05) is 93.4 Å². The largest absolute Gasteiger partial charge is 0.394 e. The van der Waals surface area contributed by atoms with Gasteiger partial charge in [0.2, 0.25) is 23.8 Å². The lowest BCUT2D eigenvalue weighted by Gasteiger charge is -2.34. The number of piperazine rings is 1. The topological polar surface area (TPSA) is 467 Å². The number of carbonyl (C=O) groups is 4. The van der Waals surface area contributed by atoms with Crippen LogP contribution in [0.5, 0.6) is 0 Å². The first-order valence-electron chi connectivity index (χ1n) is 45.9. The molecule has 13 heterocycles. The number of carbonyl (C=O) groups excluding carboxylic acids is 4. The van der Waals surface area contributed by atoms with Crippen LogP contribution in [0.4, 0.5) is 47.1 Å². The van der Waals surface area contributed by atoms with Gasteiger partial charge in [-0.05, 0) is 149 Å². The van der Waals surface area contributed by atoms with Crippen LogP contribution < -0.4 is 67.5 Å².